The molecule has 2 N–H and O–H groups in total. The van der Waals surface area contributed by atoms with E-state index >= 15 is 0 Å². The molecule has 5 heteroatoms. The van der Waals surface area contributed by atoms with Crippen molar-refractivity contribution in [3.63, 3.8) is 0 Å². The molecule has 0 saturated heterocycles. The first kappa shape index (κ1) is 15.0. The minimum Gasteiger partial charge on any atom is -0.362 e. The van der Waals surface area contributed by atoms with Gasteiger partial charge in [0.15, 0.2) is 5.69 Å². The summed E-state index contributed by atoms with van der Waals surface area (Å²) in [5.41, 5.74) is 1.49. The van der Waals surface area contributed by atoms with Crippen LogP contribution in [0.15, 0.2) is 42.5 Å². The molecule has 0 aliphatic carbocycles. The third-order valence-corrected chi connectivity index (χ3v) is 2.98. The molecular formula is C16H20N4O. The molecule has 1 aromatic carbocycles. The van der Waals surface area contributed by atoms with E-state index in [2.05, 4.69) is 39.9 Å². The summed E-state index contributed by atoms with van der Waals surface area (Å²) in [6.45, 7) is 5.86. The second-order valence-electron chi connectivity index (χ2n) is 5.21. The first-order valence-corrected chi connectivity index (χ1v) is 7.02. The zero-order valence-electron chi connectivity index (χ0n) is 12.5. The first-order chi connectivity index (χ1) is 10.1. The van der Waals surface area contributed by atoms with Crippen LogP contribution in [0.3, 0.4) is 0 Å². The van der Waals surface area contributed by atoms with Crippen LogP contribution in [-0.2, 0) is 0 Å². The van der Waals surface area contributed by atoms with E-state index in [0.29, 0.717) is 11.5 Å². The van der Waals surface area contributed by atoms with E-state index < -0.39 is 0 Å². The molecule has 0 radical (unpaired) electrons. The summed E-state index contributed by atoms with van der Waals surface area (Å²) in [5, 5.41) is 14.0. The molecule has 0 aliphatic heterocycles. The Labute approximate surface area is 124 Å². The van der Waals surface area contributed by atoms with Gasteiger partial charge >= 0.3 is 0 Å². The predicted molar refractivity (Wildman–Crippen MR) is 83.1 cm³/mol. The van der Waals surface area contributed by atoms with E-state index in [0.717, 1.165) is 0 Å². The zero-order chi connectivity index (χ0) is 15.2. The van der Waals surface area contributed by atoms with Crippen molar-refractivity contribution in [1.29, 1.82) is 0 Å². The van der Waals surface area contributed by atoms with Crippen molar-refractivity contribution >= 4 is 11.7 Å². The fourth-order valence-electron chi connectivity index (χ4n) is 1.91. The molecule has 0 fully saturated rings. The number of nitrogens with zero attached hydrogens (tertiary/aromatic N) is 2. The maximum absolute atomic E-state index is 11.8. The molecule has 0 aliphatic rings. The van der Waals surface area contributed by atoms with Gasteiger partial charge in [0.2, 0.25) is 0 Å². The van der Waals surface area contributed by atoms with Crippen molar-refractivity contribution in [2.75, 3.05) is 5.32 Å². The van der Waals surface area contributed by atoms with Gasteiger partial charge in [0.1, 0.15) is 5.82 Å². The molecule has 0 spiro atoms. The van der Waals surface area contributed by atoms with E-state index in [9.17, 15) is 4.79 Å². The standard InChI is InChI=1S/C16H20N4O/c1-11(2)17-16(21)14-9-10-15(20-19-14)18-12(3)13-7-5-4-6-8-13/h4-12H,1-3H3,(H,17,21)(H,18,20). The second kappa shape index (κ2) is 6.83. The van der Waals surface area contributed by atoms with Gasteiger partial charge in [0.25, 0.3) is 5.91 Å². The van der Waals surface area contributed by atoms with Crippen LogP contribution in [0.4, 0.5) is 5.82 Å². The normalized spacial score (nSPS) is 12.0. The maximum Gasteiger partial charge on any atom is 0.271 e. The van der Waals surface area contributed by atoms with Crippen LogP contribution in [0, 0.1) is 0 Å². The largest absolute Gasteiger partial charge is 0.362 e. The van der Waals surface area contributed by atoms with E-state index in [1.54, 1.807) is 12.1 Å². The average molecular weight is 284 g/mol. The Hall–Kier alpha value is -2.43. The van der Waals surface area contributed by atoms with Crippen LogP contribution in [0.1, 0.15) is 42.9 Å². The molecule has 0 saturated carbocycles. The van der Waals surface area contributed by atoms with Gasteiger partial charge in [-0.05, 0) is 38.5 Å². The topological polar surface area (TPSA) is 66.9 Å². The van der Waals surface area contributed by atoms with Crippen molar-refractivity contribution < 1.29 is 4.79 Å². The average Bonchev–Trinajstić information content (AvgIpc) is 2.48. The van der Waals surface area contributed by atoms with Gasteiger partial charge in [-0.15, -0.1) is 10.2 Å². The number of carbonyl (C=O) groups is 1. The number of benzene rings is 1. The van der Waals surface area contributed by atoms with E-state index in [1.807, 2.05) is 32.0 Å². The highest BCUT2D eigenvalue weighted by atomic mass is 16.1. The van der Waals surface area contributed by atoms with E-state index in [-0.39, 0.29) is 18.0 Å². The van der Waals surface area contributed by atoms with Gasteiger partial charge in [-0.3, -0.25) is 4.79 Å². The van der Waals surface area contributed by atoms with Crippen LogP contribution in [0.5, 0.6) is 0 Å². The molecule has 1 atom stereocenters. The Bertz CT molecular complexity index is 581. The highest BCUT2D eigenvalue weighted by molar-refractivity contribution is 5.92. The minimum atomic E-state index is -0.208. The Kier molecular flexibility index (Phi) is 4.87. The Morgan fingerprint density at radius 3 is 2.29 bits per heavy atom. The predicted octanol–water partition coefficient (Wildman–Crippen LogP) is 2.79. The van der Waals surface area contributed by atoms with Gasteiger partial charge in [-0.2, -0.15) is 0 Å². The molecule has 2 rings (SSSR count). The van der Waals surface area contributed by atoms with Crippen molar-refractivity contribution in [3.05, 3.63) is 53.7 Å². The minimum absolute atomic E-state index is 0.0789. The second-order valence-corrected chi connectivity index (χ2v) is 5.21. The number of carbonyl (C=O) groups excluding carboxylic acids is 1. The van der Waals surface area contributed by atoms with Crippen LogP contribution >= 0.6 is 0 Å². The number of aromatic nitrogens is 2. The molecule has 21 heavy (non-hydrogen) atoms. The summed E-state index contributed by atoms with van der Waals surface area (Å²) in [5.74, 6) is 0.438. The van der Waals surface area contributed by atoms with Crippen LogP contribution in [0.2, 0.25) is 0 Å². The van der Waals surface area contributed by atoms with Crippen LogP contribution in [0.25, 0.3) is 0 Å². The smallest absolute Gasteiger partial charge is 0.271 e. The number of hydrogen-bond acceptors (Lipinski definition) is 4. The molecule has 1 unspecified atom stereocenters. The lowest BCUT2D eigenvalue weighted by Gasteiger charge is -2.14. The Morgan fingerprint density at radius 2 is 1.71 bits per heavy atom. The van der Waals surface area contributed by atoms with Crippen LogP contribution < -0.4 is 10.6 Å². The van der Waals surface area contributed by atoms with Crippen molar-refractivity contribution in [2.45, 2.75) is 32.9 Å². The van der Waals surface area contributed by atoms with Crippen LogP contribution in [-0.4, -0.2) is 22.1 Å². The van der Waals surface area contributed by atoms with Crippen molar-refractivity contribution in [2.24, 2.45) is 0 Å². The molecule has 1 aromatic heterocycles. The Morgan fingerprint density at radius 1 is 1.00 bits per heavy atom. The first-order valence-electron chi connectivity index (χ1n) is 7.02. The van der Waals surface area contributed by atoms with E-state index in [1.165, 1.54) is 5.56 Å². The maximum atomic E-state index is 11.8. The zero-order valence-corrected chi connectivity index (χ0v) is 12.5. The monoisotopic (exact) mass is 284 g/mol. The molecule has 1 amide bonds. The summed E-state index contributed by atoms with van der Waals surface area (Å²) in [4.78, 5) is 11.8. The fraction of sp³-hybridized carbons (Fsp3) is 0.312. The molecule has 110 valence electrons. The lowest BCUT2D eigenvalue weighted by molar-refractivity contribution is 0.0937. The molecule has 1 heterocycles. The molecule has 5 nitrogen and oxygen atoms in total. The third kappa shape index (κ3) is 4.27. The summed E-state index contributed by atoms with van der Waals surface area (Å²) in [7, 11) is 0. The van der Waals surface area contributed by atoms with Gasteiger partial charge in [-0.1, -0.05) is 30.3 Å². The lowest BCUT2D eigenvalue weighted by Crippen LogP contribution is -2.30. The van der Waals surface area contributed by atoms with E-state index in [4.69, 9.17) is 0 Å². The van der Waals surface area contributed by atoms with Crippen molar-refractivity contribution in [1.82, 2.24) is 15.5 Å². The molecule has 2 aromatic rings. The number of anilines is 1. The summed E-state index contributed by atoms with van der Waals surface area (Å²) < 4.78 is 0. The number of hydrogen-bond donors (Lipinski definition) is 2. The molecular weight excluding hydrogens is 264 g/mol. The number of nitrogens with one attached hydrogen (secondary N) is 2. The van der Waals surface area contributed by atoms with Crippen molar-refractivity contribution in [3.8, 4) is 0 Å². The highest BCUT2D eigenvalue weighted by Gasteiger charge is 2.10. The lowest BCUT2D eigenvalue weighted by atomic mass is 10.1. The van der Waals surface area contributed by atoms with Gasteiger partial charge in [0.05, 0.1) is 0 Å². The third-order valence-electron chi connectivity index (χ3n) is 2.98. The quantitative estimate of drug-likeness (QED) is 0.886. The van der Waals surface area contributed by atoms with Gasteiger partial charge in [-0.25, -0.2) is 0 Å². The fourth-order valence-corrected chi connectivity index (χ4v) is 1.91. The summed E-state index contributed by atoms with van der Waals surface area (Å²) >= 11 is 0. The Balaban J connectivity index is 2.01. The van der Waals surface area contributed by atoms with Gasteiger partial charge in [0, 0.05) is 12.1 Å². The SMILES string of the molecule is CC(C)NC(=O)c1ccc(NC(C)c2ccccc2)nn1. The van der Waals surface area contributed by atoms with Gasteiger partial charge < -0.3 is 10.6 Å². The number of rotatable bonds is 5. The number of amides is 1. The summed E-state index contributed by atoms with van der Waals surface area (Å²) in [6, 6.07) is 13.7. The molecule has 0 bridgehead atoms. The highest BCUT2D eigenvalue weighted by Crippen LogP contribution is 2.16. The summed E-state index contributed by atoms with van der Waals surface area (Å²) in [6.07, 6.45) is 0.